The molecular weight excluding hydrogens is 311 g/mol. The number of phosphoric acid groups is 1. The molecule has 0 fully saturated rings. The summed E-state index contributed by atoms with van der Waals surface area (Å²) in [7, 11) is -9.31. The van der Waals surface area contributed by atoms with E-state index < -0.39 is 18.2 Å². The predicted octanol–water partition coefficient (Wildman–Crippen LogP) is -4.33. The van der Waals surface area contributed by atoms with Gasteiger partial charge in [-0.2, -0.15) is 8.42 Å². The average molecular weight is 322 g/mol. The van der Waals surface area contributed by atoms with Crippen LogP contribution in [0.15, 0.2) is 0 Å². The molecule has 0 aliphatic carbocycles. The molecule has 0 amide bonds. The van der Waals surface area contributed by atoms with E-state index in [0.717, 1.165) is 0 Å². The van der Waals surface area contributed by atoms with Crippen molar-refractivity contribution >= 4 is 131 Å². The van der Waals surface area contributed by atoms with Crippen molar-refractivity contribution in [3.05, 3.63) is 0 Å². The van der Waals surface area contributed by atoms with Gasteiger partial charge < -0.3 is 14.7 Å². The minimum absolute atomic E-state index is 0. The second-order valence-corrected chi connectivity index (χ2v) is 2.88. The molecular formula is H11Ca3O8PS. The molecule has 0 aromatic rings. The van der Waals surface area contributed by atoms with E-state index in [1.807, 2.05) is 0 Å². The summed E-state index contributed by atoms with van der Waals surface area (Å²) in [5.41, 5.74) is 0. The van der Waals surface area contributed by atoms with Gasteiger partial charge in [0.1, 0.15) is 0 Å². The van der Waals surface area contributed by atoms with E-state index in [4.69, 9.17) is 36.8 Å². The second kappa shape index (κ2) is 13.8. The third-order valence-corrected chi connectivity index (χ3v) is 0. The number of hydrogen-bond acceptors (Lipinski definition) is 3. The third kappa shape index (κ3) is 211. The SMILES string of the molecule is O=P(O)(O)O.O=S(=O)(O)O.[CaH2].[CaH2].[CaH2]. The molecule has 0 radical (unpaired) electrons. The minimum atomic E-state index is -4.67. The van der Waals surface area contributed by atoms with Gasteiger partial charge in [0.2, 0.25) is 0 Å². The Balaban J connectivity index is -0.0000000267. The van der Waals surface area contributed by atoms with Crippen LogP contribution < -0.4 is 0 Å². The third-order valence-electron chi connectivity index (χ3n) is 0. The summed E-state index contributed by atoms with van der Waals surface area (Å²) in [5, 5.41) is 0. The Morgan fingerprint density at radius 2 is 0.846 bits per heavy atom. The Kier molecular flexibility index (Phi) is 32.0. The van der Waals surface area contributed by atoms with Crippen molar-refractivity contribution in [2.75, 3.05) is 0 Å². The molecule has 0 aliphatic rings. The van der Waals surface area contributed by atoms with Gasteiger partial charge in [-0.05, 0) is 0 Å². The second-order valence-electron chi connectivity index (χ2n) is 0.961. The zero-order valence-corrected chi connectivity index (χ0v) is 6.03. The number of rotatable bonds is 0. The van der Waals surface area contributed by atoms with Crippen molar-refractivity contribution in [1.29, 1.82) is 0 Å². The Morgan fingerprint density at radius 3 is 0.846 bits per heavy atom. The van der Waals surface area contributed by atoms with Gasteiger partial charge in [0.05, 0.1) is 0 Å². The molecule has 13 heavy (non-hydrogen) atoms. The molecule has 76 valence electrons. The fourth-order valence-electron chi connectivity index (χ4n) is 0. The van der Waals surface area contributed by atoms with Gasteiger partial charge in [-0.25, -0.2) is 4.57 Å². The first-order valence-electron chi connectivity index (χ1n) is 1.48. The van der Waals surface area contributed by atoms with Crippen molar-refractivity contribution in [3.8, 4) is 0 Å². The summed E-state index contributed by atoms with van der Waals surface area (Å²) in [6, 6.07) is 0. The van der Waals surface area contributed by atoms with Crippen LogP contribution in [0.5, 0.6) is 0 Å². The zero-order valence-electron chi connectivity index (χ0n) is 4.32. The van der Waals surface area contributed by atoms with Crippen molar-refractivity contribution in [2.24, 2.45) is 0 Å². The van der Waals surface area contributed by atoms with Crippen LogP contribution >= 0.6 is 7.82 Å². The molecule has 0 saturated heterocycles. The summed E-state index contributed by atoms with van der Waals surface area (Å²) >= 11 is 0. The molecule has 5 N–H and O–H groups in total. The summed E-state index contributed by atoms with van der Waals surface area (Å²) in [6.07, 6.45) is 0. The molecule has 0 rings (SSSR count). The molecule has 0 aromatic heterocycles. The predicted molar refractivity (Wildman–Crippen MR) is 54.1 cm³/mol. The van der Waals surface area contributed by atoms with Crippen molar-refractivity contribution in [3.63, 3.8) is 0 Å². The van der Waals surface area contributed by atoms with Crippen molar-refractivity contribution in [2.45, 2.75) is 0 Å². The van der Waals surface area contributed by atoms with Gasteiger partial charge in [-0.15, -0.1) is 0 Å². The van der Waals surface area contributed by atoms with Crippen molar-refractivity contribution in [1.82, 2.24) is 0 Å². The molecule has 13 heteroatoms. The molecule has 0 spiro atoms. The molecule has 0 heterocycles. The first-order valence-corrected chi connectivity index (χ1v) is 4.44. The maximum atomic E-state index is 8.88. The average Bonchev–Trinajstić information content (AvgIpc) is 1.12. The van der Waals surface area contributed by atoms with Gasteiger partial charge in [0.25, 0.3) is 0 Å². The van der Waals surface area contributed by atoms with Gasteiger partial charge in [0.15, 0.2) is 0 Å². The Labute approximate surface area is 164 Å². The molecule has 0 aliphatic heterocycles. The summed E-state index contributed by atoms with van der Waals surface area (Å²) < 4.78 is 40.5. The van der Waals surface area contributed by atoms with Crippen LogP contribution in [-0.4, -0.2) is 145 Å². The van der Waals surface area contributed by atoms with Gasteiger partial charge in [-0.3, -0.25) is 9.11 Å². The van der Waals surface area contributed by atoms with E-state index in [9.17, 15) is 0 Å². The molecule has 8 nitrogen and oxygen atoms in total. The molecule has 0 bridgehead atoms. The van der Waals surface area contributed by atoms with Crippen LogP contribution in [0.4, 0.5) is 0 Å². The maximum absolute atomic E-state index is 8.88. The number of hydrogen-bond donors (Lipinski definition) is 5. The van der Waals surface area contributed by atoms with Crippen LogP contribution in [0.3, 0.4) is 0 Å². The Bertz CT molecular complexity index is 197. The van der Waals surface area contributed by atoms with Crippen LogP contribution in [-0.2, 0) is 15.0 Å². The fourth-order valence-corrected chi connectivity index (χ4v) is 0. The van der Waals surface area contributed by atoms with Crippen molar-refractivity contribution < 1.29 is 36.8 Å². The molecule has 0 atom stereocenters. The first kappa shape index (κ1) is 30.1. The van der Waals surface area contributed by atoms with Gasteiger partial charge >= 0.3 is 131 Å². The van der Waals surface area contributed by atoms with E-state index in [-0.39, 0.29) is 113 Å². The van der Waals surface area contributed by atoms with Gasteiger partial charge in [0, 0.05) is 0 Å². The fraction of sp³-hybridized carbons (Fsp3) is 0. The Hall–Kier alpha value is 3.76. The molecule has 0 unspecified atom stereocenters. The van der Waals surface area contributed by atoms with Crippen LogP contribution in [0.2, 0.25) is 0 Å². The summed E-state index contributed by atoms with van der Waals surface area (Å²) in [5.74, 6) is 0. The van der Waals surface area contributed by atoms with Crippen LogP contribution in [0.25, 0.3) is 0 Å². The summed E-state index contributed by atoms with van der Waals surface area (Å²) in [6.45, 7) is 0. The molecule has 0 aromatic carbocycles. The summed E-state index contributed by atoms with van der Waals surface area (Å²) in [4.78, 5) is 21.6. The zero-order chi connectivity index (χ0) is 9.00. The quantitative estimate of drug-likeness (QED) is 0.170. The van der Waals surface area contributed by atoms with E-state index in [0.29, 0.717) is 0 Å². The molecule has 0 saturated carbocycles. The van der Waals surface area contributed by atoms with Crippen LogP contribution in [0, 0.1) is 0 Å². The van der Waals surface area contributed by atoms with E-state index >= 15 is 0 Å². The normalized spacial score (nSPS) is 9.00. The van der Waals surface area contributed by atoms with Gasteiger partial charge in [-0.1, -0.05) is 0 Å². The van der Waals surface area contributed by atoms with E-state index in [1.54, 1.807) is 0 Å². The van der Waals surface area contributed by atoms with E-state index in [1.165, 1.54) is 0 Å². The van der Waals surface area contributed by atoms with Crippen LogP contribution in [0.1, 0.15) is 0 Å². The standard InChI is InChI=1S/3Ca.H3O4P.H2O4S.6H/c;;;2*1-5(2,3)4;;;;;;/h;;;(H3,1,2,3,4);(H2,1,2,3,4);;;;;;. The van der Waals surface area contributed by atoms with E-state index in [2.05, 4.69) is 0 Å². The first-order chi connectivity index (χ1) is 4.00. The monoisotopic (exact) mass is 322 g/mol. The Morgan fingerprint density at radius 1 is 0.846 bits per heavy atom. The topological polar surface area (TPSA) is 152 Å².